The Morgan fingerprint density at radius 2 is 2.05 bits per heavy atom. The van der Waals surface area contributed by atoms with Gasteiger partial charge < -0.3 is 15.6 Å². The molecule has 0 aliphatic rings. The lowest BCUT2D eigenvalue weighted by atomic mass is 9.96. The number of ether oxygens (including phenoxy) is 1. The van der Waals surface area contributed by atoms with Crippen LogP contribution in [0.5, 0.6) is 0 Å². The van der Waals surface area contributed by atoms with Gasteiger partial charge in [-0.15, -0.1) is 0 Å². The largest absolute Gasteiger partial charge is 0.465 e. The van der Waals surface area contributed by atoms with Crippen molar-refractivity contribution in [2.24, 2.45) is 5.41 Å². The molecule has 0 amide bonds. The lowest BCUT2D eigenvalue weighted by molar-refractivity contribution is 0.0600. The normalized spacial score (nSPS) is 12.2. The summed E-state index contributed by atoms with van der Waals surface area (Å²) < 4.78 is 31.3. The van der Waals surface area contributed by atoms with Crippen molar-refractivity contribution < 1.29 is 23.1 Å². The molecule has 0 atom stereocenters. The van der Waals surface area contributed by atoms with Crippen LogP contribution in [0.1, 0.15) is 24.2 Å². The molecule has 1 aromatic rings. The summed E-state index contributed by atoms with van der Waals surface area (Å²) in [6.45, 7) is 3.34. The van der Waals surface area contributed by atoms with Crippen molar-refractivity contribution in [1.82, 2.24) is 4.72 Å². The number of anilines is 1. The van der Waals surface area contributed by atoms with Crippen molar-refractivity contribution in [3.05, 3.63) is 23.8 Å². The summed E-state index contributed by atoms with van der Waals surface area (Å²) in [5.41, 5.74) is 5.23. The second kappa shape index (κ2) is 6.42. The third-order valence-corrected chi connectivity index (χ3v) is 4.36. The minimum Gasteiger partial charge on any atom is -0.465 e. The SMILES string of the molecule is COC(=O)c1ccc(S(=O)(=O)NCC(C)(C)CO)c(N)c1. The zero-order valence-electron chi connectivity index (χ0n) is 12.2. The van der Waals surface area contributed by atoms with Crippen LogP contribution >= 0.6 is 0 Å². The molecule has 0 saturated carbocycles. The van der Waals surface area contributed by atoms with Crippen molar-refractivity contribution in [3.63, 3.8) is 0 Å². The average Bonchev–Trinajstić information content (AvgIpc) is 2.44. The molecule has 1 rings (SSSR count). The van der Waals surface area contributed by atoms with Gasteiger partial charge in [-0.1, -0.05) is 13.8 Å². The Hall–Kier alpha value is -1.64. The number of hydrogen-bond acceptors (Lipinski definition) is 6. The number of hydrogen-bond donors (Lipinski definition) is 3. The molecule has 0 radical (unpaired) electrons. The molecule has 0 saturated heterocycles. The van der Waals surface area contributed by atoms with E-state index in [-0.39, 0.29) is 29.3 Å². The van der Waals surface area contributed by atoms with E-state index in [0.29, 0.717) is 0 Å². The van der Waals surface area contributed by atoms with E-state index in [1.807, 2.05) is 0 Å². The first kappa shape index (κ1) is 17.4. The topological polar surface area (TPSA) is 119 Å². The number of nitrogens with one attached hydrogen (secondary N) is 1. The van der Waals surface area contributed by atoms with Crippen molar-refractivity contribution >= 4 is 21.7 Å². The van der Waals surface area contributed by atoms with E-state index in [1.165, 1.54) is 25.3 Å². The molecule has 0 aliphatic heterocycles. The number of carbonyl (C=O) groups is 1. The number of aliphatic hydroxyl groups excluding tert-OH is 1. The first-order valence-corrected chi connectivity index (χ1v) is 7.69. The molecule has 1 aromatic carbocycles. The highest BCUT2D eigenvalue weighted by atomic mass is 32.2. The van der Waals surface area contributed by atoms with Crippen LogP contribution in [0.25, 0.3) is 0 Å². The minimum absolute atomic E-state index is 0.0489. The Labute approximate surface area is 124 Å². The molecular weight excluding hydrogens is 296 g/mol. The fourth-order valence-corrected chi connectivity index (χ4v) is 2.81. The number of nitrogens with two attached hydrogens (primary N) is 1. The molecule has 8 heteroatoms. The van der Waals surface area contributed by atoms with Gasteiger partial charge in [0.1, 0.15) is 4.90 Å². The van der Waals surface area contributed by atoms with E-state index in [1.54, 1.807) is 13.8 Å². The zero-order chi connectivity index (χ0) is 16.3. The number of sulfonamides is 1. The summed E-state index contributed by atoms with van der Waals surface area (Å²) in [4.78, 5) is 11.2. The van der Waals surface area contributed by atoms with Gasteiger partial charge in [0.15, 0.2) is 0 Å². The van der Waals surface area contributed by atoms with E-state index in [9.17, 15) is 13.2 Å². The van der Waals surface area contributed by atoms with Crippen LogP contribution in [-0.4, -0.2) is 39.8 Å². The van der Waals surface area contributed by atoms with Crippen LogP contribution in [0.2, 0.25) is 0 Å². The first-order valence-electron chi connectivity index (χ1n) is 6.21. The number of esters is 1. The maximum atomic E-state index is 12.2. The summed E-state index contributed by atoms with van der Waals surface area (Å²) in [6, 6.07) is 3.82. The molecule has 0 heterocycles. The Bertz CT molecular complexity index is 625. The number of nitrogen functional groups attached to an aromatic ring is 1. The van der Waals surface area contributed by atoms with Crippen molar-refractivity contribution in [3.8, 4) is 0 Å². The molecule has 4 N–H and O–H groups in total. The lowest BCUT2D eigenvalue weighted by Crippen LogP contribution is -2.36. The number of methoxy groups -OCH3 is 1. The second-order valence-electron chi connectivity index (χ2n) is 5.39. The average molecular weight is 316 g/mol. The Morgan fingerprint density at radius 3 is 2.52 bits per heavy atom. The molecule has 0 spiro atoms. The standard InChI is InChI=1S/C13H20N2O5S/c1-13(2,8-16)7-15-21(18,19)11-5-4-9(6-10(11)14)12(17)20-3/h4-6,15-16H,7-8,14H2,1-3H3. The molecule has 0 aromatic heterocycles. The van der Waals surface area contributed by atoms with Gasteiger partial charge in [0, 0.05) is 18.6 Å². The van der Waals surface area contributed by atoms with Gasteiger partial charge in [-0.05, 0) is 18.2 Å². The molecule has 0 unspecified atom stereocenters. The highest BCUT2D eigenvalue weighted by Gasteiger charge is 2.23. The van der Waals surface area contributed by atoms with Crippen molar-refractivity contribution in [2.75, 3.05) is 26.0 Å². The number of carbonyl (C=O) groups excluding carboxylic acids is 1. The third kappa shape index (κ3) is 4.42. The third-order valence-electron chi connectivity index (χ3n) is 2.89. The van der Waals surface area contributed by atoms with Crippen molar-refractivity contribution in [1.29, 1.82) is 0 Å². The fraction of sp³-hybridized carbons (Fsp3) is 0.462. The van der Waals surface area contributed by atoms with E-state index in [2.05, 4.69) is 9.46 Å². The maximum absolute atomic E-state index is 12.2. The molecule has 0 fully saturated rings. The molecule has 0 bridgehead atoms. The van der Waals surface area contributed by atoms with E-state index < -0.39 is 21.4 Å². The Kier molecular flexibility index (Phi) is 5.32. The van der Waals surface area contributed by atoms with Crippen LogP contribution in [-0.2, 0) is 14.8 Å². The quantitative estimate of drug-likeness (QED) is 0.515. The number of rotatable bonds is 6. The van der Waals surface area contributed by atoms with Crippen molar-refractivity contribution in [2.45, 2.75) is 18.7 Å². The molecule has 7 nitrogen and oxygen atoms in total. The summed E-state index contributed by atoms with van der Waals surface area (Å²) in [7, 11) is -2.60. The molecule has 0 aliphatic carbocycles. The van der Waals surface area contributed by atoms with Gasteiger partial charge >= 0.3 is 5.97 Å². The van der Waals surface area contributed by atoms with Crippen LogP contribution in [0.15, 0.2) is 23.1 Å². The van der Waals surface area contributed by atoms with E-state index in [4.69, 9.17) is 10.8 Å². The Balaban J connectivity index is 3.02. The van der Waals surface area contributed by atoms with Gasteiger partial charge in [-0.25, -0.2) is 17.9 Å². The monoisotopic (exact) mass is 316 g/mol. The van der Waals surface area contributed by atoms with Gasteiger partial charge in [-0.2, -0.15) is 0 Å². The van der Waals surface area contributed by atoms with Gasteiger partial charge in [0.25, 0.3) is 0 Å². The van der Waals surface area contributed by atoms with E-state index in [0.717, 1.165) is 0 Å². The van der Waals surface area contributed by atoms with E-state index >= 15 is 0 Å². The lowest BCUT2D eigenvalue weighted by Gasteiger charge is -2.22. The number of benzene rings is 1. The Morgan fingerprint density at radius 1 is 1.43 bits per heavy atom. The summed E-state index contributed by atoms with van der Waals surface area (Å²) in [5.74, 6) is -0.597. The van der Waals surface area contributed by atoms with Gasteiger partial charge in [-0.3, -0.25) is 0 Å². The predicted molar refractivity (Wildman–Crippen MR) is 78.2 cm³/mol. The number of aliphatic hydroxyl groups is 1. The highest BCUT2D eigenvalue weighted by Crippen LogP contribution is 2.21. The molecule has 118 valence electrons. The van der Waals surface area contributed by atoms with Crippen LogP contribution in [0.3, 0.4) is 0 Å². The van der Waals surface area contributed by atoms with Crippen LogP contribution in [0.4, 0.5) is 5.69 Å². The minimum atomic E-state index is -3.82. The zero-order valence-corrected chi connectivity index (χ0v) is 13.0. The predicted octanol–water partition coefficient (Wildman–Crippen LogP) is 0.352. The van der Waals surface area contributed by atoms with Gasteiger partial charge in [0.05, 0.1) is 18.4 Å². The van der Waals surface area contributed by atoms with Gasteiger partial charge in [0.2, 0.25) is 10.0 Å². The summed E-state index contributed by atoms with van der Waals surface area (Å²) >= 11 is 0. The first-order chi connectivity index (χ1) is 9.63. The summed E-state index contributed by atoms with van der Waals surface area (Å²) in [6.07, 6.45) is 0. The van der Waals surface area contributed by atoms with Crippen LogP contribution in [0, 0.1) is 5.41 Å². The second-order valence-corrected chi connectivity index (χ2v) is 7.13. The highest BCUT2D eigenvalue weighted by molar-refractivity contribution is 7.89. The smallest absolute Gasteiger partial charge is 0.337 e. The summed E-state index contributed by atoms with van der Waals surface area (Å²) in [5, 5.41) is 9.13. The molecular formula is C13H20N2O5S. The maximum Gasteiger partial charge on any atom is 0.337 e. The van der Waals surface area contributed by atoms with Crippen LogP contribution < -0.4 is 10.5 Å². The molecule has 21 heavy (non-hydrogen) atoms. The fourth-order valence-electron chi connectivity index (χ4n) is 1.46.